The number of hydrogen-bond acceptors (Lipinski definition) is 1. The second-order valence-corrected chi connectivity index (χ2v) is 4.63. The number of rotatable bonds is 1. The normalized spacial score (nSPS) is 12.5. The quantitative estimate of drug-likeness (QED) is 0.545. The summed E-state index contributed by atoms with van der Waals surface area (Å²) < 4.78 is 76.6. The van der Waals surface area contributed by atoms with E-state index in [1.54, 1.807) is 0 Å². The summed E-state index contributed by atoms with van der Waals surface area (Å²) in [7, 11) is 0. The Labute approximate surface area is 120 Å². The Kier molecular flexibility index (Phi) is 3.83. The smallest absolute Gasteiger partial charge is 0.346 e. The van der Waals surface area contributed by atoms with Crippen molar-refractivity contribution in [2.75, 3.05) is 0 Å². The molecule has 8 heteroatoms. The molecule has 1 heterocycles. The van der Waals surface area contributed by atoms with E-state index in [9.17, 15) is 26.3 Å². The Hall–Kier alpha value is -1.83. The lowest BCUT2D eigenvalue weighted by atomic mass is 10.0. The lowest BCUT2D eigenvalue weighted by Crippen LogP contribution is -2.09. The number of halogens is 6. The van der Waals surface area contributed by atoms with Gasteiger partial charge >= 0.3 is 12.4 Å². The summed E-state index contributed by atoms with van der Waals surface area (Å²) in [6.07, 6.45) is -9.37. The average molecular weight is 323 g/mol. The molecule has 0 aliphatic rings. The Morgan fingerprint density at radius 3 is 2.05 bits per heavy atom. The fourth-order valence-corrected chi connectivity index (χ4v) is 2.05. The summed E-state index contributed by atoms with van der Waals surface area (Å²) in [5.74, 6) is 0. The number of nitrogens with one attached hydrogen (secondary N) is 1. The van der Waals surface area contributed by atoms with Crippen LogP contribution in [0.2, 0.25) is 0 Å². The van der Waals surface area contributed by atoms with E-state index in [1.807, 2.05) is 0 Å². The van der Waals surface area contributed by atoms with Gasteiger partial charge in [-0.15, -0.1) is 0 Å². The first-order valence-corrected chi connectivity index (χ1v) is 5.98. The Balaban J connectivity index is 2.69. The minimum atomic E-state index is -4.69. The van der Waals surface area contributed by atoms with Crippen molar-refractivity contribution in [3.63, 3.8) is 0 Å². The molecule has 0 radical (unpaired) electrons. The summed E-state index contributed by atoms with van der Waals surface area (Å²) in [6.45, 7) is 0. The minimum Gasteiger partial charge on any atom is -0.346 e. The third kappa shape index (κ3) is 3.44. The first-order chi connectivity index (χ1) is 9.59. The molecule has 0 spiro atoms. The lowest BCUT2D eigenvalue weighted by molar-refractivity contribution is -0.137. The maximum atomic E-state index is 12.9. The van der Waals surface area contributed by atoms with Gasteiger partial charge in [0.05, 0.1) is 11.1 Å². The molecule has 112 valence electrons. The van der Waals surface area contributed by atoms with E-state index in [2.05, 4.69) is 17.2 Å². The molecule has 21 heavy (non-hydrogen) atoms. The van der Waals surface area contributed by atoms with Crippen LogP contribution >= 0.6 is 12.2 Å². The SMILES string of the molecule is FC(F)(F)c1cc(-c2ccccc2C(F)(F)F)[nH]c(=S)c1. The molecule has 0 saturated carbocycles. The number of pyridine rings is 1. The van der Waals surface area contributed by atoms with Crippen molar-refractivity contribution >= 4 is 12.2 Å². The zero-order chi connectivity index (χ0) is 15.8. The predicted octanol–water partition coefficient (Wildman–Crippen LogP) is 5.45. The van der Waals surface area contributed by atoms with Gasteiger partial charge in [0.15, 0.2) is 0 Å². The van der Waals surface area contributed by atoms with E-state index in [1.165, 1.54) is 6.07 Å². The zero-order valence-electron chi connectivity index (χ0n) is 10.1. The Morgan fingerprint density at radius 2 is 1.48 bits per heavy atom. The number of H-pyrrole nitrogens is 1. The van der Waals surface area contributed by atoms with Crippen molar-refractivity contribution in [1.82, 2.24) is 4.98 Å². The van der Waals surface area contributed by atoms with Crippen molar-refractivity contribution in [2.24, 2.45) is 0 Å². The maximum Gasteiger partial charge on any atom is 0.417 e. The molecular formula is C13H7F6NS. The topological polar surface area (TPSA) is 15.8 Å². The number of aromatic nitrogens is 1. The molecule has 1 nitrogen and oxygen atoms in total. The second-order valence-electron chi connectivity index (χ2n) is 4.19. The molecule has 1 aromatic heterocycles. The van der Waals surface area contributed by atoms with E-state index in [4.69, 9.17) is 0 Å². The van der Waals surface area contributed by atoms with Gasteiger partial charge in [-0.3, -0.25) is 0 Å². The van der Waals surface area contributed by atoms with Crippen LogP contribution in [0.25, 0.3) is 11.3 Å². The van der Waals surface area contributed by atoms with Crippen LogP contribution in [0.5, 0.6) is 0 Å². The zero-order valence-corrected chi connectivity index (χ0v) is 11.0. The van der Waals surface area contributed by atoms with E-state index < -0.39 is 23.5 Å². The number of aromatic amines is 1. The molecule has 0 amide bonds. The van der Waals surface area contributed by atoms with Crippen molar-refractivity contribution in [3.8, 4) is 11.3 Å². The van der Waals surface area contributed by atoms with E-state index in [0.717, 1.165) is 18.2 Å². The van der Waals surface area contributed by atoms with Gasteiger partial charge in [0, 0.05) is 11.3 Å². The lowest BCUT2D eigenvalue weighted by Gasteiger charge is -2.14. The summed E-state index contributed by atoms with van der Waals surface area (Å²) in [5.41, 5.74) is -2.85. The highest BCUT2D eigenvalue weighted by Crippen LogP contribution is 2.38. The highest BCUT2D eigenvalue weighted by Gasteiger charge is 2.35. The van der Waals surface area contributed by atoms with Crippen LogP contribution < -0.4 is 0 Å². The number of alkyl halides is 6. The van der Waals surface area contributed by atoms with Gasteiger partial charge < -0.3 is 4.98 Å². The van der Waals surface area contributed by atoms with Gasteiger partial charge in [0.25, 0.3) is 0 Å². The molecule has 0 saturated heterocycles. The highest BCUT2D eigenvalue weighted by atomic mass is 32.1. The van der Waals surface area contributed by atoms with Crippen molar-refractivity contribution in [2.45, 2.75) is 12.4 Å². The second kappa shape index (κ2) is 5.18. The molecule has 1 N–H and O–H groups in total. The molecule has 0 aliphatic carbocycles. The molecule has 0 fully saturated rings. The number of benzene rings is 1. The molecule has 0 atom stereocenters. The van der Waals surface area contributed by atoms with Crippen LogP contribution in [-0.4, -0.2) is 4.98 Å². The Bertz CT molecular complexity index is 714. The van der Waals surface area contributed by atoms with Crippen LogP contribution in [0.15, 0.2) is 36.4 Å². The molecule has 0 aliphatic heterocycles. The van der Waals surface area contributed by atoms with Crippen molar-refractivity contribution < 1.29 is 26.3 Å². The van der Waals surface area contributed by atoms with E-state index >= 15 is 0 Å². The fourth-order valence-electron chi connectivity index (χ4n) is 1.82. The monoisotopic (exact) mass is 323 g/mol. The minimum absolute atomic E-state index is 0.295. The van der Waals surface area contributed by atoms with Gasteiger partial charge in [-0.05, 0) is 18.2 Å². The van der Waals surface area contributed by atoms with Gasteiger partial charge in [-0.25, -0.2) is 0 Å². The third-order valence-corrected chi connectivity index (χ3v) is 2.91. The maximum absolute atomic E-state index is 12.9. The van der Waals surface area contributed by atoms with Crippen LogP contribution in [0, 0.1) is 4.64 Å². The molecule has 0 bridgehead atoms. The van der Waals surface area contributed by atoms with Crippen molar-refractivity contribution in [1.29, 1.82) is 0 Å². The Morgan fingerprint density at radius 1 is 0.857 bits per heavy atom. The molecule has 0 unspecified atom stereocenters. The van der Waals surface area contributed by atoms with E-state index in [0.29, 0.717) is 12.1 Å². The van der Waals surface area contributed by atoms with Gasteiger partial charge in [0.1, 0.15) is 4.64 Å². The van der Waals surface area contributed by atoms with Crippen LogP contribution in [0.4, 0.5) is 26.3 Å². The van der Waals surface area contributed by atoms with Crippen LogP contribution in [-0.2, 0) is 12.4 Å². The fraction of sp³-hybridized carbons (Fsp3) is 0.154. The van der Waals surface area contributed by atoms with Crippen molar-refractivity contribution in [3.05, 3.63) is 52.2 Å². The third-order valence-electron chi connectivity index (χ3n) is 2.69. The summed E-state index contributed by atoms with van der Waals surface area (Å²) >= 11 is 4.66. The first-order valence-electron chi connectivity index (χ1n) is 5.57. The summed E-state index contributed by atoms with van der Waals surface area (Å²) in [5, 5.41) is 0. The van der Waals surface area contributed by atoms with Gasteiger partial charge in [0.2, 0.25) is 0 Å². The average Bonchev–Trinajstić information content (AvgIpc) is 2.36. The van der Waals surface area contributed by atoms with Crippen LogP contribution in [0.1, 0.15) is 11.1 Å². The molecular weight excluding hydrogens is 316 g/mol. The van der Waals surface area contributed by atoms with Crippen LogP contribution in [0.3, 0.4) is 0 Å². The first kappa shape index (κ1) is 15.6. The summed E-state index contributed by atoms with van der Waals surface area (Å²) in [4.78, 5) is 2.36. The van der Waals surface area contributed by atoms with Gasteiger partial charge in [-0.1, -0.05) is 30.4 Å². The van der Waals surface area contributed by atoms with E-state index in [-0.39, 0.29) is 15.9 Å². The standard InChI is InChI=1S/C13H7F6NS/c14-12(15,16)7-5-10(20-11(21)6-7)8-3-1-2-4-9(8)13(17,18)19/h1-6H,(H,20,21). The number of hydrogen-bond donors (Lipinski definition) is 1. The largest absolute Gasteiger partial charge is 0.417 e. The highest BCUT2D eigenvalue weighted by molar-refractivity contribution is 7.71. The molecule has 2 aromatic rings. The molecule has 2 rings (SSSR count). The predicted molar refractivity (Wildman–Crippen MR) is 67.1 cm³/mol. The van der Waals surface area contributed by atoms with Gasteiger partial charge in [-0.2, -0.15) is 26.3 Å². The summed E-state index contributed by atoms with van der Waals surface area (Å²) in [6, 6.07) is 5.63. The molecule has 1 aromatic carbocycles.